The molecule has 4 heteroatoms. The Labute approximate surface area is 136 Å². The predicted molar refractivity (Wildman–Crippen MR) is 89.1 cm³/mol. The lowest BCUT2D eigenvalue weighted by Crippen LogP contribution is -2.13. The molecule has 22 heavy (non-hydrogen) atoms. The number of hydrogen-bond donors (Lipinski definition) is 0. The van der Waals surface area contributed by atoms with Gasteiger partial charge in [0.15, 0.2) is 0 Å². The van der Waals surface area contributed by atoms with Gasteiger partial charge in [0.25, 0.3) is 0 Å². The van der Waals surface area contributed by atoms with Crippen molar-refractivity contribution in [3.8, 4) is 5.75 Å². The second-order valence-corrected chi connectivity index (χ2v) is 5.99. The maximum Gasteiger partial charge on any atom is 0.124 e. The maximum absolute atomic E-state index is 13.0. The molecule has 2 nitrogen and oxygen atoms in total. The van der Waals surface area contributed by atoms with Crippen molar-refractivity contribution in [2.24, 2.45) is 0 Å². The lowest BCUT2D eigenvalue weighted by atomic mass is 10.1. The van der Waals surface area contributed by atoms with Crippen LogP contribution in [0.3, 0.4) is 0 Å². The standard InChI is InChI=1S/C18H21ClFNO/c1-21(2)10-4-6-14-5-3-7-17(11-14)22-13-15-8-9-16(20)12-18(15)19/h3,5,7-9,11-12H,4,6,10,13H2,1-2H3. The van der Waals surface area contributed by atoms with Crippen LogP contribution >= 0.6 is 11.6 Å². The van der Waals surface area contributed by atoms with Gasteiger partial charge in [-0.15, -0.1) is 0 Å². The van der Waals surface area contributed by atoms with Gasteiger partial charge < -0.3 is 9.64 Å². The Bertz CT molecular complexity index is 616. The Morgan fingerprint density at radius 2 is 1.95 bits per heavy atom. The quantitative estimate of drug-likeness (QED) is 0.741. The molecular weight excluding hydrogens is 301 g/mol. The Balaban J connectivity index is 1.92. The second kappa shape index (κ2) is 8.16. The van der Waals surface area contributed by atoms with Crippen molar-refractivity contribution in [3.05, 3.63) is 64.4 Å². The SMILES string of the molecule is CN(C)CCCc1cccc(OCc2ccc(F)cc2Cl)c1. The van der Waals surface area contributed by atoms with E-state index in [9.17, 15) is 4.39 Å². The molecule has 2 aromatic carbocycles. The van der Waals surface area contributed by atoms with Crippen LogP contribution in [0.1, 0.15) is 17.5 Å². The van der Waals surface area contributed by atoms with E-state index in [2.05, 4.69) is 25.1 Å². The third-order valence-corrected chi connectivity index (χ3v) is 3.73. The monoisotopic (exact) mass is 321 g/mol. The average molecular weight is 322 g/mol. The molecule has 0 N–H and O–H groups in total. The molecule has 0 saturated heterocycles. The van der Waals surface area contributed by atoms with Gasteiger partial charge in [0, 0.05) is 5.56 Å². The van der Waals surface area contributed by atoms with Crippen molar-refractivity contribution >= 4 is 11.6 Å². The minimum atomic E-state index is -0.336. The molecule has 0 spiro atoms. The van der Waals surface area contributed by atoms with E-state index >= 15 is 0 Å². The van der Waals surface area contributed by atoms with Gasteiger partial charge in [-0.3, -0.25) is 0 Å². The number of aryl methyl sites for hydroxylation is 1. The molecule has 0 bridgehead atoms. The number of halogens is 2. The van der Waals surface area contributed by atoms with Crippen LogP contribution < -0.4 is 4.74 Å². The highest BCUT2D eigenvalue weighted by Crippen LogP contribution is 2.21. The van der Waals surface area contributed by atoms with Crippen LogP contribution in [0.4, 0.5) is 4.39 Å². The van der Waals surface area contributed by atoms with Gasteiger partial charge in [0.2, 0.25) is 0 Å². The van der Waals surface area contributed by atoms with Crippen LogP contribution in [-0.4, -0.2) is 25.5 Å². The first-order valence-electron chi connectivity index (χ1n) is 7.35. The largest absolute Gasteiger partial charge is 0.489 e. The normalized spacial score (nSPS) is 11.0. The number of rotatable bonds is 7. The van der Waals surface area contributed by atoms with Gasteiger partial charge >= 0.3 is 0 Å². The lowest BCUT2D eigenvalue weighted by Gasteiger charge is -2.11. The van der Waals surface area contributed by atoms with Crippen LogP contribution in [0.5, 0.6) is 5.75 Å². The van der Waals surface area contributed by atoms with Crippen molar-refractivity contribution in [2.45, 2.75) is 19.4 Å². The Hall–Kier alpha value is -1.58. The minimum Gasteiger partial charge on any atom is -0.489 e. The van der Waals surface area contributed by atoms with Crippen molar-refractivity contribution in [2.75, 3.05) is 20.6 Å². The third-order valence-electron chi connectivity index (χ3n) is 3.38. The molecule has 0 fully saturated rings. The van der Waals surface area contributed by atoms with Gasteiger partial charge in [0.05, 0.1) is 5.02 Å². The van der Waals surface area contributed by atoms with Crippen LogP contribution in [0.25, 0.3) is 0 Å². The maximum atomic E-state index is 13.0. The summed E-state index contributed by atoms with van der Waals surface area (Å²) in [6.07, 6.45) is 2.13. The zero-order chi connectivity index (χ0) is 15.9. The first-order chi connectivity index (χ1) is 10.5. The fraction of sp³-hybridized carbons (Fsp3) is 0.333. The molecule has 0 aliphatic carbocycles. The van der Waals surface area contributed by atoms with Crippen LogP contribution in [-0.2, 0) is 13.0 Å². The molecule has 0 unspecified atom stereocenters. The number of ether oxygens (including phenoxy) is 1. The van der Waals surface area contributed by atoms with Crippen LogP contribution in [0.15, 0.2) is 42.5 Å². The summed E-state index contributed by atoms with van der Waals surface area (Å²) in [6, 6.07) is 12.4. The molecule has 0 aliphatic heterocycles. The van der Waals surface area contributed by atoms with E-state index in [0.717, 1.165) is 30.7 Å². The molecule has 118 valence electrons. The summed E-state index contributed by atoms with van der Waals surface area (Å²) in [5.41, 5.74) is 2.03. The summed E-state index contributed by atoms with van der Waals surface area (Å²) >= 11 is 6.00. The number of hydrogen-bond acceptors (Lipinski definition) is 2. The van der Waals surface area contributed by atoms with Gasteiger partial charge in [-0.05, 0) is 63.3 Å². The third kappa shape index (κ3) is 5.32. The van der Waals surface area contributed by atoms with E-state index in [-0.39, 0.29) is 5.82 Å². The van der Waals surface area contributed by atoms with E-state index in [4.69, 9.17) is 16.3 Å². The summed E-state index contributed by atoms with van der Waals surface area (Å²) in [5.74, 6) is 0.472. The summed E-state index contributed by atoms with van der Waals surface area (Å²) in [7, 11) is 4.15. The Morgan fingerprint density at radius 3 is 2.68 bits per heavy atom. The highest BCUT2D eigenvalue weighted by atomic mass is 35.5. The van der Waals surface area contributed by atoms with Gasteiger partial charge in [0.1, 0.15) is 18.2 Å². The van der Waals surface area contributed by atoms with Crippen molar-refractivity contribution in [3.63, 3.8) is 0 Å². The van der Waals surface area contributed by atoms with Gasteiger partial charge in [-0.1, -0.05) is 29.8 Å². The van der Waals surface area contributed by atoms with Crippen molar-refractivity contribution in [1.82, 2.24) is 4.90 Å². The summed E-state index contributed by atoms with van der Waals surface area (Å²) in [4.78, 5) is 2.18. The smallest absolute Gasteiger partial charge is 0.124 e. The average Bonchev–Trinajstić information content (AvgIpc) is 2.46. The van der Waals surface area contributed by atoms with Crippen molar-refractivity contribution < 1.29 is 9.13 Å². The van der Waals surface area contributed by atoms with Crippen LogP contribution in [0.2, 0.25) is 5.02 Å². The molecule has 0 heterocycles. The molecule has 0 aromatic heterocycles. The fourth-order valence-electron chi connectivity index (χ4n) is 2.19. The number of benzene rings is 2. The first-order valence-corrected chi connectivity index (χ1v) is 7.73. The van der Waals surface area contributed by atoms with Gasteiger partial charge in [-0.2, -0.15) is 0 Å². The van der Waals surface area contributed by atoms with Crippen LogP contribution in [0, 0.1) is 5.82 Å². The van der Waals surface area contributed by atoms with E-state index in [1.165, 1.54) is 17.7 Å². The summed E-state index contributed by atoms with van der Waals surface area (Å²) in [5, 5.41) is 0.391. The predicted octanol–water partition coefficient (Wildman–Crippen LogP) is 4.55. The lowest BCUT2D eigenvalue weighted by molar-refractivity contribution is 0.305. The zero-order valence-electron chi connectivity index (χ0n) is 13.0. The summed E-state index contributed by atoms with van der Waals surface area (Å²) < 4.78 is 18.8. The first kappa shape index (κ1) is 16.8. The van der Waals surface area contributed by atoms with E-state index < -0.39 is 0 Å². The molecule has 2 rings (SSSR count). The minimum absolute atomic E-state index is 0.334. The highest BCUT2D eigenvalue weighted by Gasteiger charge is 2.04. The molecule has 0 radical (unpaired) electrons. The number of nitrogens with zero attached hydrogens (tertiary/aromatic N) is 1. The molecule has 0 saturated carbocycles. The van der Waals surface area contributed by atoms with Crippen molar-refractivity contribution in [1.29, 1.82) is 0 Å². The Kier molecular flexibility index (Phi) is 6.22. The highest BCUT2D eigenvalue weighted by molar-refractivity contribution is 6.31. The Morgan fingerprint density at radius 1 is 1.14 bits per heavy atom. The molecular formula is C18H21ClFNO. The molecule has 0 amide bonds. The zero-order valence-corrected chi connectivity index (χ0v) is 13.7. The van der Waals surface area contributed by atoms with E-state index in [0.29, 0.717) is 11.6 Å². The topological polar surface area (TPSA) is 12.5 Å². The van der Waals surface area contributed by atoms with E-state index in [1.807, 2.05) is 18.2 Å². The van der Waals surface area contributed by atoms with E-state index in [1.54, 1.807) is 6.07 Å². The molecule has 0 atom stereocenters. The fourth-order valence-corrected chi connectivity index (χ4v) is 2.41. The summed E-state index contributed by atoms with van der Waals surface area (Å²) in [6.45, 7) is 1.40. The van der Waals surface area contributed by atoms with Gasteiger partial charge in [-0.25, -0.2) is 4.39 Å². The second-order valence-electron chi connectivity index (χ2n) is 5.58. The molecule has 0 aliphatic rings. The molecule has 2 aromatic rings.